The van der Waals surface area contributed by atoms with Crippen LogP contribution in [0.4, 0.5) is 0 Å². The quantitative estimate of drug-likeness (QED) is 0.728. The summed E-state index contributed by atoms with van der Waals surface area (Å²) in [5, 5.41) is 9.16. The molecule has 2 heteroatoms. The number of allylic oxidation sites excluding steroid dienone is 1. The smallest absolute Gasteiger partial charge is 0.126 e. The summed E-state index contributed by atoms with van der Waals surface area (Å²) in [5.74, 6) is 1.11. The van der Waals surface area contributed by atoms with Crippen molar-refractivity contribution in [2.45, 2.75) is 65.2 Å². The van der Waals surface area contributed by atoms with Crippen molar-refractivity contribution >= 4 is 5.57 Å². The van der Waals surface area contributed by atoms with Crippen LogP contribution in [0.2, 0.25) is 0 Å². The molecular weight excluding hydrogens is 272 g/mol. The number of fused-ring (bicyclic) bond motifs is 1. The second kappa shape index (κ2) is 7.32. The van der Waals surface area contributed by atoms with Crippen molar-refractivity contribution in [3.63, 3.8) is 0 Å². The van der Waals surface area contributed by atoms with E-state index in [1.54, 1.807) is 0 Å². The molecule has 0 fully saturated rings. The predicted octanol–water partition coefficient (Wildman–Crippen LogP) is 4.88. The Morgan fingerprint density at radius 1 is 1.27 bits per heavy atom. The number of hydrogen-bond acceptors (Lipinski definition) is 2. The van der Waals surface area contributed by atoms with Gasteiger partial charge in [-0.15, -0.1) is 0 Å². The van der Waals surface area contributed by atoms with Crippen molar-refractivity contribution in [2.24, 2.45) is 0 Å². The molecule has 1 aromatic rings. The van der Waals surface area contributed by atoms with Crippen LogP contribution >= 0.6 is 0 Å². The van der Waals surface area contributed by atoms with Crippen molar-refractivity contribution in [1.82, 2.24) is 0 Å². The van der Waals surface area contributed by atoms with Gasteiger partial charge >= 0.3 is 0 Å². The third-order valence-corrected chi connectivity index (χ3v) is 4.62. The topological polar surface area (TPSA) is 29.5 Å². The predicted molar refractivity (Wildman–Crippen MR) is 93.5 cm³/mol. The molecule has 1 heterocycles. The molecule has 1 N–H and O–H groups in total. The minimum absolute atomic E-state index is 0.0724. The van der Waals surface area contributed by atoms with Crippen molar-refractivity contribution in [3.8, 4) is 5.75 Å². The van der Waals surface area contributed by atoms with E-state index in [-0.39, 0.29) is 12.0 Å². The molecule has 22 heavy (non-hydrogen) atoms. The average molecular weight is 302 g/mol. The second-order valence-corrected chi connectivity index (χ2v) is 7.06. The number of ether oxygens (including phenoxy) is 1. The van der Waals surface area contributed by atoms with Crippen molar-refractivity contribution in [3.05, 3.63) is 34.9 Å². The summed E-state index contributed by atoms with van der Waals surface area (Å²) in [4.78, 5) is 0. The van der Waals surface area contributed by atoms with Gasteiger partial charge < -0.3 is 9.84 Å². The van der Waals surface area contributed by atoms with Crippen LogP contribution in [0, 0.1) is 0 Å². The van der Waals surface area contributed by atoms with Crippen LogP contribution in [0.1, 0.15) is 70.1 Å². The average Bonchev–Trinajstić information content (AvgIpc) is 2.79. The van der Waals surface area contributed by atoms with Crippen LogP contribution in [0.3, 0.4) is 0 Å². The first-order valence-corrected chi connectivity index (χ1v) is 8.57. The Balaban J connectivity index is 2.33. The fourth-order valence-corrected chi connectivity index (χ4v) is 3.10. The normalized spacial score (nSPS) is 16.5. The number of hydrogen-bond donors (Lipinski definition) is 1. The molecule has 1 aromatic carbocycles. The number of aliphatic hydroxyl groups excluding tert-OH is 1. The van der Waals surface area contributed by atoms with E-state index in [4.69, 9.17) is 9.84 Å². The lowest BCUT2D eigenvalue weighted by Crippen LogP contribution is -2.18. The molecule has 122 valence electrons. The molecule has 1 aliphatic heterocycles. The van der Waals surface area contributed by atoms with E-state index in [1.807, 2.05) is 6.08 Å². The lowest BCUT2D eigenvalue weighted by Gasteiger charge is -2.17. The van der Waals surface area contributed by atoms with Crippen LogP contribution < -0.4 is 4.74 Å². The molecule has 0 spiro atoms. The Bertz CT molecular complexity index is 541. The zero-order valence-electron chi connectivity index (χ0n) is 14.5. The van der Waals surface area contributed by atoms with Gasteiger partial charge in [0.15, 0.2) is 0 Å². The first-order valence-electron chi connectivity index (χ1n) is 8.57. The van der Waals surface area contributed by atoms with E-state index in [0.717, 1.165) is 24.4 Å². The molecule has 0 aliphatic carbocycles. The maximum Gasteiger partial charge on any atom is 0.126 e. The number of rotatable bonds is 7. The highest BCUT2D eigenvalue weighted by Crippen LogP contribution is 2.43. The summed E-state index contributed by atoms with van der Waals surface area (Å²) in [5.41, 5.74) is 5.09. The van der Waals surface area contributed by atoms with Crippen LogP contribution in [-0.4, -0.2) is 18.3 Å². The van der Waals surface area contributed by atoms with Crippen LogP contribution in [0.25, 0.3) is 5.57 Å². The molecule has 0 saturated heterocycles. The molecule has 0 amide bonds. The van der Waals surface area contributed by atoms with Gasteiger partial charge in [0.25, 0.3) is 0 Å². The number of unbranched alkanes of at least 4 members (excludes halogenated alkanes) is 3. The number of aliphatic hydroxyl groups is 1. The monoisotopic (exact) mass is 302 g/mol. The van der Waals surface area contributed by atoms with Crippen molar-refractivity contribution < 1.29 is 9.84 Å². The van der Waals surface area contributed by atoms with Gasteiger partial charge in [-0.25, -0.2) is 0 Å². The third kappa shape index (κ3) is 3.73. The third-order valence-electron chi connectivity index (χ3n) is 4.62. The van der Waals surface area contributed by atoms with E-state index in [9.17, 15) is 0 Å². The molecule has 2 rings (SSSR count). The minimum atomic E-state index is 0.0724. The summed E-state index contributed by atoms with van der Waals surface area (Å²) in [7, 11) is 0. The molecule has 0 aromatic heterocycles. The highest BCUT2D eigenvalue weighted by Gasteiger charge is 2.33. The van der Waals surface area contributed by atoms with E-state index >= 15 is 0 Å². The Labute approximate surface area is 135 Å². The molecule has 0 radical (unpaired) electrons. The van der Waals surface area contributed by atoms with Crippen molar-refractivity contribution in [2.75, 3.05) is 13.2 Å². The Hall–Kier alpha value is -1.28. The number of benzene rings is 1. The Morgan fingerprint density at radius 3 is 2.73 bits per heavy atom. The molecule has 0 saturated carbocycles. The first kappa shape index (κ1) is 17.1. The van der Waals surface area contributed by atoms with Gasteiger partial charge in [0.05, 0.1) is 13.2 Å². The molecular formula is C20H30O2. The Kier molecular flexibility index (Phi) is 5.69. The van der Waals surface area contributed by atoms with Crippen molar-refractivity contribution in [1.29, 1.82) is 0 Å². The standard InChI is InChI=1S/C20H30O2/c1-5-6-7-8-9-16-12-17(15(2)10-11-21)13-18-19(16)22-14-20(18,3)4/h10,12-13,21H,5-9,11,14H2,1-4H3. The summed E-state index contributed by atoms with van der Waals surface area (Å²) < 4.78 is 6.03. The maximum absolute atomic E-state index is 9.16. The van der Waals surface area contributed by atoms with E-state index in [2.05, 4.69) is 39.8 Å². The van der Waals surface area contributed by atoms with Gasteiger partial charge in [-0.05, 0) is 48.6 Å². The molecule has 2 nitrogen and oxygen atoms in total. The lowest BCUT2D eigenvalue weighted by molar-refractivity contribution is 0.289. The number of aryl methyl sites for hydroxylation is 1. The van der Waals surface area contributed by atoms with Crippen LogP contribution in [0.15, 0.2) is 18.2 Å². The zero-order chi connectivity index (χ0) is 16.2. The molecule has 0 atom stereocenters. The first-order chi connectivity index (χ1) is 10.5. The summed E-state index contributed by atoms with van der Waals surface area (Å²) in [6.07, 6.45) is 8.03. The fraction of sp³-hybridized carbons (Fsp3) is 0.600. The molecule has 1 aliphatic rings. The van der Waals surface area contributed by atoms with E-state index in [1.165, 1.54) is 42.4 Å². The minimum Gasteiger partial charge on any atom is -0.492 e. The van der Waals surface area contributed by atoms with Crippen LogP contribution in [0.5, 0.6) is 5.75 Å². The highest BCUT2D eigenvalue weighted by molar-refractivity contribution is 5.68. The Morgan fingerprint density at radius 2 is 2.05 bits per heavy atom. The van der Waals surface area contributed by atoms with Gasteiger partial charge in [0.2, 0.25) is 0 Å². The second-order valence-electron chi connectivity index (χ2n) is 7.06. The van der Waals surface area contributed by atoms with E-state index in [0.29, 0.717) is 0 Å². The lowest BCUT2D eigenvalue weighted by atomic mass is 9.83. The largest absolute Gasteiger partial charge is 0.492 e. The maximum atomic E-state index is 9.16. The van der Waals surface area contributed by atoms with Gasteiger partial charge in [-0.3, -0.25) is 0 Å². The SMILES string of the molecule is CCCCCCc1cc(C(C)=CCO)cc2c1OCC2(C)C. The van der Waals surface area contributed by atoms with Gasteiger partial charge in [0, 0.05) is 11.0 Å². The fourth-order valence-electron chi connectivity index (χ4n) is 3.10. The summed E-state index contributed by atoms with van der Waals surface area (Å²) >= 11 is 0. The van der Waals surface area contributed by atoms with Gasteiger partial charge in [0.1, 0.15) is 5.75 Å². The molecule has 0 bridgehead atoms. The van der Waals surface area contributed by atoms with Gasteiger partial charge in [-0.1, -0.05) is 46.1 Å². The van der Waals surface area contributed by atoms with E-state index < -0.39 is 0 Å². The summed E-state index contributed by atoms with van der Waals surface area (Å²) in [6, 6.07) is 4.51. The van der Waals surface area contributed by atoms with Crippen LogP contribution in [-0.2, 0) is 11.8 Å². The molecule has 0 unspecified atom stereocenters. The highest BCUT2D eigenvalue weighted by atomic mass is 16.5. The zero-order valence-corrected chi connectivity index (χ0v) is 14.5. The van der Waals surface area contributed by atoms with Gasteiger partial charge in [-0.2, -0.15) is 0 Å². The summed E-state index contributed by atoms with van der Waals surface area (Å²) in [6.45, 7) is 9.66.